The lowest BCUT2D eigenvalue weighted by Crippen LogP contribution is -2.35. The largest absolute Gasteiger partial charge is 0.369 e. The molecule has 8 heteroatoms. The molecule has 3 heterocycles. The van der Waals surface area contributed by atoms with Crippen LogP contribution < -0.4 is 16.2 Å². The van der Waals surface area contributed by atoms with Crippen molar-refractivity contribution in [2.45, 2.75) is 37.8 Å². The molecule has 0 spiro atoms. The molecule has 1 aliphatic carbocycles. The summed E-state index contributed by atoms with van der Waals surface area (Å²) in [5, 5.41) is 0. The van der Waals surface area contributed by atoms with Crippen LogP contribution in [0.15, 0.2) is 23.1 Å². The maximum atomic E-state index is 11.5. The number of nitrogens with zero attached hydrogens (tertiary/aromatic N) is 5. The van der Waals surface area contributed by atoms with Crippen LogP contribution in [0.3, 0.4) is 0 Å². The van der Waals surface area contributed by atoms with Gasteiger partial charge in [0.25, 0.3) is 5.56 Å². The van der Waals surface area contributed by atoms with E-state index in [0.717, 1.165) is 31.2 Å². The van der Waals surface area contributed by atoms with E-state index in [4.69, 9.17) is 10.7 Å². The Hall–Kier alpha value is -2.48. The Bertz CT molecular complexity index is 817. The fraction of sp³-hybridized carbons (Fsp3) is 0.529. The summed E-state index contributed by atoms with van der Waals surface area (Å²) in [7, 11) is 2.06. The molecule has 132 valence electrons. The highest BCUT2D eigenvalue weighted by molar-refractivity contribution is 5.40. The van der Waals surface area contributed by atoms with Crippen molar-refractivity contribution in [1.29, 1.82) is 0 Å². The molecular weight excluding hydrogens is 318 g/mol. The van der Waals surface area contributed by atoms with E-state index in [0.29, 0.717) is 24.2 Å². The molecular formula is C17H23N7O. The Morgan fingerprint density at radius 1 is 1.36 bits per heavy atom. The number of nitrogens with two attached hydrogens (primary N) is 1. The van der Waals surface area contributed by atoms with Crippen LogP contribution in [0.2, 0.25) is 0 Å². The molecule has 0 aromatic carbocycles. The van der Waals surface area contributed by atoms with Gasteiger partial charge in [0.1, 0.15) is 11.6 Å². The Balaban J connectivity index is 1.41. The van der Waals surface area contributed by atoms with Crippen LogP contribution in [0.5, 0.6) is 0 Å². The number of nitrogens with one attached hydrogen (secondary N) is 1. The van der Waals surface area contributed by atoms with Gasteiger partial charge >= 0.3 is 0 Å². The lowest BCUT2D eigenvalue weighted by atomic mass is 10.2. The minimum atomic E-state index is -0.211. The summed E-state index contributed by atoms with van der Waals surface area (Å²) in [6, 6.07) is 3.89. The van der Waals surface area contributed by atoms with Gasteiger partial charge in [-0.15, -0.1) is 0 Å². The van der Waals surface area contributed by atoms with Crippen LogP contribution in [0.1, 0.15) is 36.7 Å². The number of nitrogen functional groups attached to an aromatic ring is 1. The van der Waals surface area contributed by atoms with E-state index in [1.54, 1.807) is 0 Å². The van der Waals surface area contributed by atoms with E-state index in [1.165, 1.54) is 18.9 Å². The average Bonchev–Trinajstić information content (AvgIpc) is 3.30. The van der Waals surface area contributed by atoms with Crippen molar-refractivity contribution in [1.82, 2.24) is 24.8 Å². The average molecular weight is 341 g/mol. The Morgan fingerprint density at radius 2 is 2.20 bits per heavy atom. The van der Waals surface area contributed by atoms with Gasteiger partial charge in [-0.3, -0.25) is 14.7 Å². The molecule has 1 atom stereocenters. The Morgan fingerprint density at radius 3 is 2.96 bits per heavy atom. The number of hydrogen-bond donors (Lipinski definition) is 2. The predicted molar refractivity (Wildman–Crippen MR) is 95.4 cm³/mol. The number of likely N-dealkylation sites (N-methyl/N-ethyl adjacent to an activating group) is 1. The summed E-state index contributed by atoms with van der Waals surface area (Å²) in [4.78, 5) is 31.9. The zero-order valence-electron chi connectivity index (χ0n) is 14.4. The lowest BCUT2D eigenvalue weighted by Gasteiger charge is -2.24. The number of aromatic amines is 1. The van der Waals surface area contributed by atoms with Gasteiger partial charge in [0.05, 0.1) is 5.69 Å². The first-order valence-corrected chi connectivity index (χ1v) is 8.72. The summed E-state index contributed by atoms with van der Waals surface area (Å²) in [5.41, 5.74) is 6.11. The van der Waals surface area contributed by atoms with E-state index in [1.807, 2.05) is 12.3 Å². The fourth-order valence-electron chi connectivity index (χ4n) is 3.38. The second-order valence-electron chi connectivity index (χ2n) is 6.97. The molecule has 0 radical (unpaired) electrons. The second-order valence-corrected chi connectivity index (χ2v) is 6.97. The van der Waals surface area contributed by atoms with Crippen molar-refractivity contribution < 1.29 is 0 Å². The third-order valence-corrected chi connectivity index (χ3v) is 4.94. The highest BCUT2D eigenvalue weighted by atomic mass is 16.1. The summed E-state index contributed by atoms with van der Waals surface area (Å²) in [5.74, 6) is 2.73. The van der Waals surface area contributed by atoms with Crippen LogP contribution in [-0.2, 0) is 6.54 Å². The smallest absolute Gasteiger partial charge is 0.252 e. The van der Waals surface area contributed by atoms with Gasteiger partial charge in [0, 0.05) is 43.9 Å². The summed E-state index contributed by atoms with van der Waals surface area (Å²) < 4.78 is 0. The molecule has 0 bridgehead atoms. The van der Waals surface area contributed by atoms with Gasteiger partial charge in [-0.1, -0.05) is 0 Å². The van der Waals surface area contributed by atoms with Crippen molar-refractivity contribution in [3.63, 3.8) is 0 Å². The molecule has 3 N–H and O–H groups in total. The number of hydrogen-bond acceptors (Lipinski definition) is 7. The number of H-pyrrole nitrogens is 1. The zero-order chi connectivity index (χ0) is 17.4. The molecule has 0 amide bonds. The monoisotopic (exact) mass is 341 g/mol. The molecule has 2 aromatic rings. The first-order chi connectivity index (χ1) is 12.1. The van der Waals surface area contributed by atoms with Crippen LogP contribution in [-0.4, -0.2) is 51.0 Å². The number of rotatable bonds is 5. The normalized spacial score (nSPS) is 20.4. The third-order valence-electron chi connectivity index (χ3n) is 4.94. The topological polar surface area (TPSA) is 104 Å². The molecule has 25 heavy (non-hydrogen) atoms. The lowest BCUT2D eigenvalue weighted by molar-refractivity contribution is 0.247. The first kappa shape index (κ1) is 16.0. The molecule has 1 saturated heterocycles. The Kier molecular flexibility index (Phi) is 4.12. The van der Waals surface area contributed by atoms with Gasteiger partial charge in [-0.05, 0) is 32.4 Å². The van der Waals surface area contributed by atoms with Crippen molar-refractivity contribution >= 4 is 11.8 Å². The third kappa shape index (κ3) is 3.63. The standard InChI is InChI=1S/C17H23N7O/c1-23(9-12-8-15(25)22-17(18)20-12)13-5-7-24(10-13)14-4-6-19-16(21-14)11-2-3-11/h4,6,8,11,13H,2-3,5,7,9-10H2,1H3,(H3,18,20,22,25)/t13-/m0/s1. The quantitative estimate of drug-likeness (QED) is 0.826. The van der Waals surface area contributed by atoms with Crippen molar-refractivity contribution in [2.24, 2.45) is 0 Å². The van der Waals surface area contributed by atoms with Gasteiger partial charge in [-0.25, -0.2) is 15.0 Å². The maximum Gasteiger partial charge on any atom is 0.252 e. The van der Waals surface area contributed by atoms with Crippen LogP contribution >= 0.6 is 0 Å². The van der Waals surface area contributed by atoms with Crippen molar-refractivity contribution in [3.8, 4) is 0 Å². The fourth-order valence-corrected chi connectivity index (χ4v) is 3.38. The Labute approximate surface area is 146 Å². The molecule has 1 saturated carbocycles. The van der Waals surface area contributed by atoms with E-state index >= 15 is 0 Å². The van der Waals surface area contributed by atoms with Gasteiger partial charge in [-0.2, -0.15) is 0 Å². The van der Waals surface area contributed by atoms with E-state index in [2.05, 4.69) is 31.8 Å². The van der Waals surface area contributed by atoms with Gasteiger partial charge in [0.2, 0.25) is 5.95 Å². The molecule has 0 unspecified atom stereocenters. The SMILES string of the molecule is CN(Cc1cc(=O)[nH]c(N)n1)[C@H]1CCN(c2ccnc(C3CC3)n2)C1. The minimum absolute atomic E-state index is 0.164. The first-order valence-electron chi connectivity index (χ1n) is 8.72. The number of aromatic nitrogens is 4. The molecule has 2 fully saturated rings. The van der Waals surface area contributed by atoms with Crippen molar-refractivity contribution in [2.75, 3.05) is 30.8 Å². The molecule has 4 rings (SSSR count). The van der Waals surface area contributed by atoms with E-state index < -0.39 is 0 Å². The van der Waals surface area contributed by atoms with E-state index in [9.17, 15) is 4.79 Å². The maximum absolute atomic E-state index is 11.5. The zero-order valence-corrected chi connectivity index (χ0v) is 14.4. The molecule has 2 aliphatic rings. The molecule has 2 aromatic heterocycles. The van der Waals surface area contributed by atoms with Gasteiger partial charge < -0.3 is 10.6 Å². The number of anilines is 2. The predicted octanol–water partition coefficient (Wildman–Crippen LogP) is 0.730. The minimum Gasteiger partial charge on any atom is -0.369 e. The molecule has 1 aliphatic heterocycles. The summed E-state index contributed by atoms with van der Waals surface area (Å²) in [6.45, 7) is 2.49. The summed E-state index contributed by atoms with van der Waals surface area (Å²) in [6.07, 6.45) is 5.34. The second kappa shape index (κ2) is 6.44. The van der Waals surface area contributed by atoms with Gasteiger partial charge in [0.15, 0.2) is 0 Å². The summed E-state index contributed by atoms with van der Waals surface area (Å²) >= 11 is 0. The van der Waals surface area contributed by atoms with E-state index in [-0.39, 0.29) is 11.5 Å². The van der Waals surface area contributed by atoms with Crippen LogP contribution in [0.25, 0.3) is 0 Å². The van der Waals surface area contributed by atoms with Crippen molar-refractivity contribution in [3.05, 3.63) is 40.2 Å². The molecule has 8 nitrogen and oxygen atoms in total. The highest BCUT2D eigenvalue weighted by Gasteiger charge is 2.30. The highest BCUT2D eigenvalue weighted by Crippen LogP contribution is 2.38. The van der Waals surface area contributed by atoms with Crippen LogP contribution in [0.4, 0.5) is 11.8 Å². The van der Waals surface area contributed by atoms with Crippen LogP contribution in [0, 0.1) is 0 Å².